The molecule has 1 atom stereocenters. The van der Waals surface area contributed by atoms with E-state index < -0.39 is 0 Å². The maximum atomic E-state index is 6.25. The quantitative estimate of drug-likeness (QED) is 0.807. The Hall–Kier alpha value is -1.31. The van der Waals surface area contributed by atoms with Crippen LogP contribution in [-0.2, 0) is 0 Å². The van der Waals surface area contributed by atoms with Gasteiger partial charge in [-0.05, 0) is 42.2 Å². The van der Waals surface area contributed by atoms with Crippen molar-refractivity contribution in [3.8, 4) is 0 Å². The SMILES string of the molecule is C=C(C)C[C@@H](N)c1ccc(C)c2ccccc12.Cl. The smallest absolute Gasteiger partial charge is 0.0338 e. The molecule has 96 valence electrons. The molecule has 2 N–H and O–H groups in total. The number of nitrogens with two attached hydrogens (primary N) is 1. The van der Waals surface area contributed by atoms with Crippen LogP contribution in [0, 0.1) is 6.92 Å². The number of hydrogen-bond acceptors (Lipinski definition) is 1. The average Bonchev–Trinajstić information content (AvgIpc) is 2.29. The third-order valence-electron chi connectivity index (χ3n) is 3.14. The van der Waals surface area contributed by atoms with Crippen molar-refractivity contribution in [3.63, 3.8) is 0 Å². The number of hydrogen-bond donors (Lipinski definition) is 1. The predicted molar refractivity (Wildman–Crippen MR) is 82.3 cm³/mol. The van der Waals surface area contributed by atoms with Crippen LogP contribution in [0.4, 0.5) is 0 Å². The Morgan fingerprint density at radius 2 is 1.78 bits per heavy atom. The van der Waals surface area contributed by atoms with E-state index in [1.165, 1.54) is 21.9 Å². The highest BCUT2D eigenvalue weighted by atomic mass is 35.5. The van der Waals surface area contributed by atoms with Crippen molar-refractivity contribution in [2.75, 3.05) is 0 Å². The monoisotopic (exact) mass is 261 g/mol. The van der Waals surface area contributed by atoms with Crippen LogP contribution >= 0.6 is 12.4 Å². The van der Waals surface area contributed by atoms with Gasteiger partial charge in [0.15, 0.2) is 0 Å². The standard InChI is InChI=1S/C16H19N.ClH/c1-11(2)10-16(17)15-9-8-12(3)13-6-4-5-7-14(13)15;/h4-9,16H,1,10,17H2,2-3H3;1H/t16-;/m1./s1. The summed E-state index contributed by atoms with van der Waals surface area (Å²) in [6.07, 6.45) is 0.840. The Morgan fingerprint density at radius 3 is 2.39 bits per heavy atom. The van der Waals surface area contributed by atoms with E-state index in [1.54, 1.807) is 0 Å². The minimum absolute atomic E-state index is 0. The summed E-state index contributed by atoms with van der Waals surface area (Å²) < 4.78 is 0. The van der Waals surface area contributed by atoms with E-state index in [0.717, 1.165) is 12.0 Å². The lowest BCUT2D eigenvalue weighted by atomic mass is 9.93. The van der Waals surface area contributed by atoms with Gasteiger partial charge >= 0.3 is 0 Å². The lowest BCUT2D eigenvalue weighted by Gasteiger charge is -2.16. The molecule has 0 bridgehead atoms. The molecular weight excluding hydrogens is 242 g/mol. The third-order valence-corrected chi connectivity index (χ3v) is 3.14. The molecule has 18 heavy (non-hydrogen) atoms. The van der Waals surface area contributed by atoms with Crippen LogP contribution in [0.2, 0.25) is 0 Å². The predicted octanol–water partition coefficient (Wildman–Crippen LogP) is 4.54. The van der Waals surface area contributed by atoms with Gasteiger partial charge in [0.05, 0.1) is 0 Å². The van der Waals surface area contributed by atoms with E-state index in [1.807, 2.05) is 6.92 Å². The van der Waals surface area contributed by atoms with Crippen molar-refractivity contribution < 1.29 is 0 Å². The van der Waals surface area contributed by atoms with Crippen molar-refractivity contribution >= 4 is 23.2 Å². The fourth-order valence-electron chi connectivity index (χ4n) is 2.28. The lowest BCUT2D eigenvalue weighted by molar-refractivity contribution is 0.723. The normalized spacial score (nSPS) is 11.9. The van der Waals surface area contributed by atoms with E-state index >= 15 is 0 Å². The van der Waals surface area contributed by atoms with E-state index in [4.69, 9.17) is 5.73 Å². The van der Waals surface area contributed by atoms with Crippen molar-refractivity contribution in [2.45, 2.75) is 26.3 Å². The zero-order valence-electron chi connectivity index (χ0n) is 10.9. The van der Waals surface area contributed by atoms with Gasteiger partial charge in [0.25, 0.3) is 0 Å². The first-order valence-corrected chi connectivity index (χ1v) is 5.98. The molecule has 1 nitrogen and oxygen atoms in total. The second-order valence-corrected chi connectivity index (χ2v) is 4.78. The fourth-order valence-corrected chi connectivity index (χ4v) is 2.28. The summed E-state index contributed by atoms with van der Waals surface area (Å²) in [7, 11) is 0. The van der Waals surface area contributed by atoms with Crippen molar-refractivity contribution in [3.05, 3.63) is 59.7 Å². The number of benzene rings is 2. The summed E-state index contributed by atoms with van der Waals surface area (Å²) in [5.41, 5.74) is 9.89. The molecule has 0 aliphatic carbocycles. The lowest BCUT2D eigenvalue weighted by Crippen LogP contribution is -2.11. The molecule has 0 radical (unpaired) electrons. The summed E-state index contributed by atoms with van der Waals surface area (Å²) in [6.45, 7) is 8.10. The summed E-state index contributed by atoms with van der Waals surface area (Å²) in [6, 6.07) is 12.8. The molecule has 0 heterocycles. The van der Waals surface area contributed by atoms with Crippen LogP contribution in [0.15, 0.2) is 48.6 Å². The molecule has 2 heteroatoms. The van der Waals surface area contributed by atoms with Gasteiger partial charge in [-0.15, -0.1) is 19.0 Å². The van der Waals surface area contributed by atoms with Gasteiger partial charge in [0, 0.05) is 6.04 Å². The first-order chi connectivity index (χ1) is 8.09. The van der Waals surface area contributed by atoms with Crippen molar-refractivity contribution in [1.29, 1.82) is 0 Å². The summed E-state index contributed by atoms with van der Waals surface area (Å²) in [5.74, 6) is 0. The molecule has 0 saturated carbocycles. The number of halogens is 1. The van der Waals surface area contributed by atoms with Gasteiger partial charge in [-0.1, -0.05) is 42.0 Å². The minimum Gasteiger partial charge on any atom is -0.324 e. The van der Waals surface area contributed by atoms with E-state index in [0.29, 0.717) is 0 Å². The first kappa shape index (κ1) is 14.7. The zero-order chi connectivity index (χ0) is 12.4. The van der Waals surface area contributed by atoms with Gasteiger partial charge in [0.1, 0.15) is 0 Å². The molecule has 0 unspecified atom stereocenters. The summed E-state index contributed by atoms with van der Waals surface area (Å²) >= 11 is 0. The van der Waals surface area contributed by atoms with Crippen LogP contribution in [-0.4, -0.2) is 0 Å². The van der Waals surface area contributed by atoms with Crippen molar-refractivity contribution in [1.82, 2.24) is 0 Å². The van der Waals surface area contributed by atoms with Crippen LogP contribution in [0.5, 0.6) is 0 Å². The molecule has 0 spiro atoms. The second kappa shape index (κ2) is 6.03. The number of fused-ring (bicyclic) bond motifs is 1. The number of rotatable bonds is 3. The maximum absolute atomic E-state index is 6.25. The van der Waals surface area contributed by atoms with E-state index in [2.05, 4.69) is 49.9 Å². The molecule has 0 aliphatic heterocycles. The second-order valence-electron chi connectivity index (χ2n) is 4.78. The summed E-state index contributed by atoms with van der Waals surface area (Å²) in [5, 5.41) is 2.56. The Kier molecular flexibility index (Phi) is 4.94. The van der Waals surface area contributed by atoms with Gasteiger partial charge in [0.2, 0.25) is 0 Å². The molecule has 2 aromatic carbocycles. The molecule has 0 aromatic heterocycles. The largest absolute Gasteiger partial charge is 0.324 e. The zero-order valence-corrected chi connectivity index (χ0v) is 11.8. The fraction of sp³-hybridized carbons (Fsp3) is 0.250. The molecule has 2 rings (SSSR count). The van der Waals surface area contributed by atoms with Crippen LogP contribution in [0.25, 0.3) is 10.8 Å². The van der Waals surface area contributed by atoms with Gasteiger partial charge in [-0.25, -0.2) is 0 Å². The Balaban J connectivity index is 0.00000162. The highest BCUT2D eigenvalue weighted by molar-refractivity contribution is 5.88. The van der Waals surface area contributed by atoms with Crippen LogP contribution in [0.1, 0.15) is 30.5 Å². The molecule has 0 amide bonds. The first-order valence-electron chi connectivity index (χ1n) is 5.98. The number of aryl methyl sites for hydroxylation is 1. The topological polar surface area (TPSA) is 26.0 Å². The third kappa shape index (κ3) is 2.92. The van der Waals surface area contributed by atoms with Gasteiger partial charge < -0.3 is 5.73 Å². The minimum atomic E-state index is 0. The molecule has 0 aliphatic rings. The Morgan fingerprint density at radius 1 is 1.17 bits per heavy atom. The highest BCUT2D eigenvalue weighted by Gasteiger charge is 2.10. The van der Waals surface area contributed by atoms with Crippen LogP contribution in [0.3, 0.4) is 0 Å². The van der Waals surface area contributed by atoms with E-state index in [9.17, 15) is 0 Å². The van der Waals surface area contributed by atoms with Gasteiger partial charge in [-0.2, -0.15) is 0 Å². The Labute approximate surface area is 115 Å². The molecule has 2 aromatic rings. The van der Waals surface area contributed by atoms with E-state index in [-0.39, 0.29) is 18.4 Å². The molecular formula is C16H20ClN. The maximum Gasteiger partial charge on any atom is 0.0338 e. The van der Waals surface area contributed by atoms with Gasteiger partial charge in [-0.3, -0.25) is 0 Å². The molecule has 0 fully saturated rings. The van der Waals surface area contributed by atoms with Crippen LogP contribution < -0.4 is 5.73 Å². The van der Waals surface area contributed by atoms with Crippen molar-refractivity contribution in [2.24, 2.45) is 5.73 Å². The highest BCUT2D eigenvalue weighted by Crippen LogP contribution is 2.28. The average molecular weight is 262 g/mol. The Bertz CT molecular complexity index is 560. The summed E-state index contributed by atoms with van der Waals surface area (Å²) in [4.78, 5) is 0. The molecule has 0 saturated heterocycles.